The van der Waals surface area contributed by atoms with Crippen LogP contribution in [-0.2, 0) is 0 Å². The number of nitrogen functional groups attached to an aromatic ring is 1. The van der Waals surface area contributed by atoms with Gasteiger partial charge in [-0.3, -0.25) is 0 Å². The molecule has 0 heterocycles. The molecule has 0 aliphatic carbocycles. The van der Waals surface area contributed by atoms with Crippen LogP contribution in [0.1, 0.15) is 10.4 Å². The van der Waals surface area contributed by atoms with Crippen LogP contribution in [0.25, 0.3) is 0 Å². The van der Waals surface area contributed by atoms with Crippen LogP contribution < -0.4 is 10.5 Å². The first kappa shape index (κ1) is 11.9. The van der Waals surface area contributed by atoms with E-state index in [1.54, 1.807) is 0 Å². The molecule has 0 spiro atoms. The highest BCUT2D eigenvalue weighted by Crippen LogP contribution is 2.28. The summed E-state index contributed by atoms with van der Waals surface area (Å²) >= 11 is 0. The third kappa shape index (κ3) is 2.57. The van der Waals surface area contributed by atoms with E-state index < -0.39 is 5.97 Å². The summed E-state index contributed by atoms with van der Waals surface area (Å²) in [7, 11) is 0. The molecular formula is C13H10FNO3. The Kier molecular flexibility index (Phi) is 3.14. The van der Waals surface area contributed by atoms with Crippen molar-refractivity contribution in [3.63, 3.8) is 0 Å². The van der Waals surface area contributed by atoms with Crippen LogP contribution in [0.15, 0.2) is 42.5 Å². The van der Waals surface area contributed by atoms with Gasteiger partial charge in [-0.05, 0) is 42.5 Å². The number of carboxylic acid groups (broad SMARTS) is 1. The molecule has 92 valence electrons. The highest BCUT2D eigenvalue weighted by molar-refractivity contribution is 5.89. The molecule has 0 saturated heterocycles. The Morgan fingerprint density at radius 3 is 2.44 bits per heavy atom. The molecule has 0 radical (unpaired) electrons. The Bertz CT molecular complexity index is 581. The summed E-state index contributed by atoms with van der Waals surface area (Å²) < 4.78 is 18.1. The van der Waals surface area contributed by atoms with E-state index >= 15 is 0 Å². The lowest BCUT2D eigenvalue weighted by Gasteiger charge is -2.09. The fourth-order valence-corrected chi connectivity index (χ4v) is 1.39. The smallest absolute Gasteiger partial charge is 0.335 e. The van der Waals surface area contributed by atoms with E-state index in [1.807, 2.05) is 0 Å². The van der Waals surface area contributed by atoms with Gasteiger partial charge in [0.25, 0.3) is 0 Å². The van der Waals surface area contributed by atoms with Crippen LogP contribution in [0.5, 0.6) is 11.5 Å². The normalized spacial score (nSPS) is 10.1. The van der Waals surface area contributed by atoms with Crippen LogP contribution in [0.3, 0.4) is 0 Å². The number of carboxylic acids is 1. The molecule has 2 aromatic rings. The lowest BCUT2D eigenvalue weighted by Crippen LogP contribution is -1.99. The quantitative estimate of drug-likeness (QED) is 0.818. The molecule has 0 aliphatic rings. The fraction of sp³-hybridized carbons (Fsp3) is 0. The van der Waals surface area contributed by atoms with Crippen LogP contribution in [0, 0.1) is 5.82 Å². The zero-order chi connectivity index (χ0) is 13.1. The average molecular weight is 247 g/mol. The summed E-state index contributed by atoms with van der Waals surface area (Å²) in [6, 6.07) is 9.50. The molecule has 2 aromatic carbocycles. The van der Waals surface area contributed by atoms with Crippen LogP contribution >= 0.6 is 0 Å². The van der Waals surface area contributed by atoms with E-state index in [1.165, 1.54) is 42.5 Å². The van der Waals surface area contributed by atoms with E-state index in [4.69, 9.17) is 15.6 Å². The van der Waals surface area contributed by atoms with E-state index in [-0.39, 0.29) is 17.1 Å². The molecule has 4 nitrogen and oxygen atoms in total. The number of carbonyl (C=O) groups is 1. The molecule has 0 atom stereocenters. The maximum atomic E-state index is 12.7. The van der Waals surface area contributed by atoms with Crippen LogP contribution in [0.4, 0.5) is 10.1 Å². The van der Waals surface area contributed by atoms with Gasteiger partial charge in [-0.25, -0.2) is 9.18 Å². The maximum Gasteiger partial charge on any atom is 0.335 e. The van der Waals surface area contributed by atoms with Crippen molar-refractivity contribution in [2.45, 2.75) is 0 Å². The molecule has 0 aliphatic heterocycles. The summed E-state index contributed by atoms with van der Waals surface area (Å²) in [6.45, 7) is 0. The number of anilines is 1. The van der Waals surface area contributed by atoms with Gasteiger partial charge >= 0.3 is 5.97 Å². The van der Waals surface area contributed by atoms with E-state index in [2.05, 4.69) is 0 Å². The van der Waals surface area contributed by atoms with Crippen molar-refractivity contribution >= 4 is 11.7 Å². The number of aromatic carboxylic acids is 1. The molecule has 2 rings (SSSR count). The predicted octanol–water partition coefficient (Wildman–Crippen LogP) is 2.90. The van der Waals surface area contributed by atoms with Crippen molar-refractivity contribution in [3.05, 3.63) is 53.8 Å². The van der Waals surface area contributed by atoms with Gasteiger partial charge in [0.1, 0.15) is 11.6 Å². The Balaban J connectivity index is 2.30. The van der Waals surface area contributed by atoms with E-state index in [0.29, 0.717) is 11.4 Å². The molecule has 0 fully saturated rings. The lowest BCUT2D eigenvalue weighted by molar-refractivity contribution is 0.0696. The van der Waals surface area contributed by atoms with Gasteiger partial charge in [0.15, 0.2) is 5.75 Å². The molecule has 3 N–H and O–H groups in total. The van der Waals surface area contributed by atoms with Gasteiger partial charge in [0.2, 0.25) is 0 Å². The molecule has 5 heteroatoms. The second-order valence-electron chi connectivity index (χ2n) is 3.61. The topological polar surface area (TPSA) is 72.6 Å². The van der Waals surface area contributed by atoms with Crippen molar-refractivity contribution < 1.29 is 19.0 Å². The largest absolute Gasteiger partial charge is 0.478 e. The van der Waals surface area contributed by atoms with E-state index in [0.717, 1.165) is 0 Å². The van der Waals surface area contributed by atoms with Crippen LogP contribution in [0.2, 0.25) is 0 Å². The third-order valence-electron chi connectivity index (χ3n) is 2.30. The van der Waals surface area contributed by atoms with Crippen molar-refractivity contribution in [1.82, 2.24) is 0 Å². The predicted molar refractivity (Wildman–Crippen MR) is 64.3 cm³/mol. The van der Waals surface area contributed by atoms with Crippen LogP contribution in [-0.4, -0.2) is 11.1 Å². The second-order valence-corrected chi connectivity index (χ2v) is 3.61. The molecule has 0 amide bonds. The highest BCUT2D eigenvalue weighted by Gasteiger charge is 2.08. The second kappa shape index (κ2) is 4.75. The monoisotopic (exact) mass is 247 g/mol. The molecule has 0 aromatic heterocycles. The standard InChI is InChI=1S/C13H10FNO3/c14-9-2-4-10(5-3-9)18-12-7-8(13(16)17)1-6-11(12)15/h1-7H,15H2,(H,16,17). The minimum atomic E-state index is -1.07. The Morgan fingerprint density at radius 2 is 1.83 bits per heavy atom. The van der Waals surface area contributed by atoms with Gasteiger partial charge in [-0.2, -0.15) is 0 Å². The number of halogens is 1. The van der Waals surface area contributed by atoms with Gasteiger partial charge in [-0.15, -0.1) is 0 Å². The van der Waals surface area contributed by atoms with Crippen molar-refractivity contribution in [1.29, 1.82) is 0 Å². The SMILES string of the molecule is Nc1ccc(C(=O)O)cc1Oc1ccc(F)cc1. The lowest BCUT2D eigenvalue weighted by atomic mass is 10.2. The minimum Gasteiger partial charge on any atom is -0.478 e. The molecular weight excluding hydrogens is 237 g/mol. The highest BCUT2D eigenvalue weighted by atomic mass is 19.1. The summed E-state index contributed by atoms with van der Waals surface area (Å²) in [6.07, 6.45) is 0. The number of hydrogen-bond donors (Lipinski definition) is 2. The molecule has 0 saturated carbocycles. The Labute approximate surface area is 102 Å². The van der Waals surface area contributed by atoms with Crippen molar-refractivity contribution in [2.24, 2.45) is 0 Å². The Hall–Kier alpha value is -2.56. The summed E-state index contributed by atoms with van der Waals surface area (Å²) in [5.74, 6) is -0.847. The molecule has 18 heavy (non-hydrogen) atoms. The van der Waals surface area contributed by atoms with Gasteiger partial charge in [-0.1, -0.05) is 0 Å². The first-order chi connectivity index (χ1) is 8.56. The zero-order valence-electron chi connectivity index (χ0n) is 9.26. The zero-order valence-corrected chi connectivity index (χ0v) is 9.26. The number of nitrogens with two attached hydrogens (primary N) is 1. The van der Waals surface area contributed by atoms with Crippen molar-refractivity contribution in [2.75, 3.05) is 5.73 Å². The van der Waals surface area contributed by atoms with Gasteiger partial charge in [0.05, 0.1) is 11.3 Å². The Morgan fingerprint density at radius 1 is 1.17 bits per heavy atom. The average Bonchev–Trinajstić information content (AvgIpc) is 2.34. The first-order valence-corrected chi connectivity index (χ1v) is 5.12. The van der Waals surface area contributed by atoms with E-state index in [9.17, 15) is 9.18 Å². The molecule has 0 unspecified atom stereocenters. The summed E-state index contributed by atoms with van der Waals surface area (Å²) in [5, 5.41) is 8.86. The number of benzene rings is 2. The summed E-state index contributed by atoms with van der Waals surface area (Å²) in [4.78, 5) is 10.8. The first-order valence-electron chi connectivity index (χ1n) is 5.12. The minimum absolute atomic E-state index is 0.0707. The number of rotatable bonds is 3. The molecule has 0 bridgehead atoms. The van der Waals surface area contributed by atoms with Gasteiger partial charge in [0, 0.05) is 0 Å². The van der Waals surface area contributed by atoms with Gasteiger partial charge < -0.3 is 15.6 Å². The number of ether oxygens (including phenoxy) is 1. The fourth-order valence-electron chi connectivity index (χ4n) is 1.39. The summed E-state index contributed by atoms with van der Waals surface area (Å²) in [5.41, 5.74) is 6.06. The van der Waals surface area contributed by atoms with Crippen molar-refractivity contribution in [3.8, 4) is 11.5 Å². The maximum absolute atomic E-state index is 12.7. The number of hydrogen-bond acceptors (Lipinski definition) is 3. The third-order valence-corrected chi connectivity index (χ3v) is 2.30.